The molecule has 0 bridgehead atoms. The van der Waals surface area contributed by atoms with E-state index in [9.17, 15) is 13.2 Å². The fraction of sp³-hybridized carbons (Fsp3) is 0.500. The standard InChI is InChI=1S/C14H19NO4S2/c1-10-4-5-11(8-12(10)13(16)17)21(18,19)15-6-7-20-14(2,3)9-15/h4-5,8H,6-7,9H2,1-3H3,(H,16,17). The molecule has 0 unspecified atom stereocenters. The Morgan fingerprint density at radius 3 is 2.62 bits per heavy atom. The molecule has 0 radical (unpaired) electrons. The van der Waals surface area contributed by atoms with Gasteiger partial charge in [0.15, 0.2) is 0 Å². The average molecular weight is 329 g/mol. The van der Waals surface area contributed by atoms with Gasteiger partial charge in [0.05, 0.1) is 10.5 Å². The minimum Gasteiger partial charge on any atom is -0.478 e. The Morgan fingerprint density at radius 1 is 1.38 bits per heavy atom. The van der Waals surface area contributed by atoms with Gasteiger partial charge < -0.3 is 5.11 Å². The van der Waals surface area contributed by atoms with E-state index in [2.05, 4.69) is 0 Å². The number of hydrogen-bond donors (Lipinski definition) is 1. The van der Waals surface area contributed by atoms with Crippen molar-refractivity contribution in [1.82, 2.24) is 4.31 Å². The maximum atomic E-state index is 12.7. The molecule has 0 aliphatic carbocycles. The molecular formula is C14H19NO4S2. The fourth-order valence-electron chi connectivity index (χ4n) is 2.32. The number of nitrogens with zero attached hydrogens (tertiary/aromatic N) is 1. The van der Waals surface area contributed by atoms with Crippen LogP contribution in [0.15, 0.2) is 23.1 Å². The maximum Gasteiger partial charge on any atom is 0.335 e. The number of rotatable bonds is 3. The van der Waals surface area contributed by atoms with Gasteiger partial charge in [0.2, 0.25) is 10.0 Å². The van der Waals surface area contributed by atoms with Crippen LogP contribution >= 0.6 is 11.8 Å². The van der Waals surface area contributed by atoms with Crippen LogP contribution in [0.1, 0.15) is 29.8 Å². The lowest BCUT2D eigenvalue weighted by Crippen LogP contribution is -2.46. The van der Waals surface area contributed by atoms with Gasteiger partial charge in [-0.15, -0.1) is 0 Å². The number of carbonyl (C=O) groups is 1. The second kappa shape index (κ2) is 5.62. The third-order valence-corrected chi connectivity index (χ3v) is 6.61. The van der Waals surface area contributed by atoms with E-state index in [4.69, 9.17) is 5.11 Å². The molecule has 1 aliphatic heterocycles. The second-order valence-corrected chi connectivity index (χ2v) is 9.47. The normalized spacial score (nSPS) is 19.4. The second-order valence-electron chi connectivity index (χ2n) is 5.73. The number of carboxylic acid groups (broad SMARTS) is 1. The molecule has 1 saturated heterocycles. The van der Waals surface area contributed by atoms with Crippen molar-refractivity contribution in [3.63, 3.8) is 0 Å². The van der Waals surface area contributed by atoms with Crippen LogP contribution in [0.3, 0.4) is 0 Å². The number of hydrogen-bond acceptors (Lipinski definition) is 4. The topological polar surface area (TPSA) is 74.7 Å². The average Bonchev–Trinajstić information content (AvgIpc) is 2.37. The van der Waals surface area contributed by atoms with Crippen molar-refractivity contribution < 1.29 is 18.3 Å². The van der Waals surface area contributed by atoms with Crippen LogP contribution in [0.25, 0.3) is 0 Å². The van der Waals surface area contributed by atoms with Crippen LogP contribution < -0.4 is 0 Å². The first kappa shape index (κ1) is 16.3. The third kappa shape index (κ3) is 3.41. The Balaban J connectivity index is 2.40. The number of aryl methyl sites for hydroxylation is 1. The summed E-state index contributed by atoms with van der Waals surface area (Å²) >= 11 is 1.75. The van der Waals surface area contributed by atoms with E-state index in [-0.39, 0.29) is 15.2 Å². The molecule has 2 rings (SSSR count). The van der Waals surface area contributed by atoms with Gasteiger partial charge in [-0.2, -0.15) is 16.1 Å². The predicted octanol–water partition coefficient (Wildman–Crippen LogP) is 2.21. The highest BCUT2D eigenvalue weighted by Crippen LogP contribution is 2.32. The molecule has 1 aromatic rings. The molecule has 7 heteroatoms. The van der Waals surface area contributed by atoms with Crippen molar-refractivity contribution in [3.8, 4) is 0 Å². The smallest absolute Gasteiger partial charge is 0.335 e. The van der Waals surface area contributed by atoms with Gasteiger partial charge in [0.1, 0.15) is 0 Å². The molecule has 0 saturated carbocycles. The highest BCUT2D eigenvalue weighted by Gasteiger charge is 2.34. The summed E-state index contributed by atoms with van der Waals surface area (Å²) in [6, 6.07) is 4.27. The number of sulfonamides is 1. The van der Waals surface area contributed by atoms with Gasteiger partial charge >= 0.3 is 5.97 Å². The minimum absolute atomic E-state index is 0.0294. The van der Waals surface area contributed by atoms with E-state index in [0.717, 1.165) is 5.75 Å². The molecule has 5 nitrogen and oxygen atoms in total. The summed E-state index contributed by atoms with van der Waals surface area (Å²) in [5.74, 6) is -0.372. The molecule has 116 valence electrons. The van der Waals surface area contributed by atoms with E-state index < -0.39 is 16.0 Å². The van der Waals surface area contributed by atoms with Crippen LogP contribution in [0, 0.1) is 6.92 Å². The SMILES string of the molecule is Cc1ccc(S(=O)(=O)N2CCSC(C)(C)C2)cc1C(=O)O. The van der Waals surface area contributed by atoms with E-state index in [1.54, 1.807) is 24.8 Å². The summed E-state index contributed by atoms with van der Waals surface area (Å²) < 4.78 is 26.7. The summed E-state index contributed by atoms with van der Waals surface area (Å²) in [6.07, 6.45) is 0. The monoisotopic (exact) mass is 329 g/mol. The van der Waals surface area contributed by atoms with Crippen molar-refractivity contribution in [1.29, 1.82) is 0 Å². The molecule has 1 aliphatic rings. The Hall–Kier alpha value is -1.05. The van der Waals surface area contributed by atoms with Crippen molar-refractivity contribution in [2.45, 2.75) is 30.4 Å². The molecule has 0 atom stereocenters. The quantitative estimate of drug-likeness (QED) is 0.920. The summed E-state index contributed by atoms with van der Waals surface area (Å²) in [5, 5.41) is 9.14. The Bertz CT molecular complexity index is 668. The summed E-state index contributed by atoms with van der Waals surface area (Å²) in [5.41, 5.74) is 0.581. The Kier molecular flexibility index (Phi) is 4.37. The van der Waals surface area contributed by atoms with Crippen molar-refractivity contribution >= 4 is 27.8 Å². The summed E-state index contributed by atoms with van der Waals surface area (Å²) in [4.78, 5) is 11.2. The zero-order valence-electron chi connectivity index (χ0n) is 12.3. The number of aromatic carboxylic acids is 1. The predicted molar refractivity (Wildman–Crippen MR) is 83.4 cm³/mol. The number of thioether (sulfide) groups is 1. The minimum atomic E-state index is -3.65. The van der Waals surface area contributed by atoms with E-state index >= 15 is 0 Å². The highest BCUT2D eigenvalue weighted by molar-refractivity contribution is 8.00. The van der Waals surface area contributed by atoms with Crippen molar-refractivity contribution in [2.75, 3.05) is 18.8 Å². The molecule has 1 aromatic carbocycles. The first-order valence-corrected chi connectivity index (χ1v) is 9.04. The van der Waals surface area contributed by atoms with Crippen LogP contribution in [0.4, 0.5) is 0 Å². The molecule has 1 N–H and O–H groups in total. The highest BCUT2D eigenvalue weighted by atomic mass is 32.2. The van der Waals surface area contributed by atoms with Gasteiger partial charge in [-0.3, -0.25) is 0 Å². The first-order valence-electron chi connectivity index (χ1n) is 6.61. The molecule has 0 amide bonds. The summed E-state index contributed by atoms with van der Waals surface area (Å²) in [7, 11) is -3.65. The molecule has 1 fully saturated rings. The fourth-order valence-corrected chi connectivity index (χ4v) is 5.26. The first-order chi connectivity index (χ1) is 9.63. The van der Waals surface area contributed by atoms with Crippen LogP contribution in [0.2, 0.25) is 0 Å². The van der Waals surface area contributed by atoms with Gasteiger partial charge in [0.25, 0.3) is 0 Å². The van der Waals surface area contributed by atoms with Crippen molar-refractivity contribution in [2.24, 2.45) is 0 Å². The van der Waals surface area contributed by atoms with Gasteiger partial charge in [-0.1, -0.05) is 6.07 Å². The molecule has 0 aromatic heterocycles. The largest absolute Gasteiger partial charge is 0.478 e. The third-order valence-electron chi connectivity index (χ3n) is 3.47. The molecular weight excluding hydrogens is 310 g/mol. The van der Waals surface area contributed by atoms with E-state index in [1.165, 1.54) is 16.4 Å². The van der Waals surface area contributed by atoms with E-state index in [1.807, 2.05) is 13.8 Å². The molecule has 21 heavy (non-hydrogen) atoms. The van der Waals surface area contributed by atoms with Gasteiger partial charge in [0, 0.05) is 23.6 Å². The lowest BCUT2D eigenvalue weighted by atomic mass is 10.1. The van der Waals surface area contributed by atoms with Crippen LogP contribution in [-0.4, -0.2) is 47.4 Å². The van der Waals surface area contributed by atoms with Gasteiger partial charge in [-0.05, 0) is 38.5 Å². The Morgan fingerprint density at radius 2 is 2.05 bits per heavy atom. The van der Waals surface area contributed by atoms with Crippen molar-refractivity contribution in [3.05, 3.63) is 29.3 Å². The zero-order chi connectivity index (χ0) is 15.8. The molecule has 0 spiro atoms. The van der Waals surface area contributed by atoms with Crippen LogP contribution in [-0.2, 0) is 10.0 Å². The Labute approximate surface area is 129 Å². The van der Waals surface area contributed by atoms with Gasteiger partial charge in [-0.25, -0.2) is 13.2 Å². The molecule has 1 heterocycles. The lowest BCUT2D eigenvalue weighted by molar-refractivity contribution is 0.0696. The van der Waals surface area contributed by atoms with E-state index in [0.29, 0.717) is 18.7 Å². The number of carboxylic acids is 1. The maximum absolute atomic E-state index is 12.7. The zero-order valence-corrected chi connectivity index (χ0v) is 13.9. The lowest BCUT2D eigenvalue weighted by Gasteiger charge is -2.36. The summed E-state index contributed by atoms with van der Waals surface area (Å²) in [6.45, 7) is 6.55. The van der Waals surface area contributed by atoms with Crippen LogP contribution in [0.5, 0.6) is 0 Å². The number of benzene rings is 1.